The summed E-state index contributed by atoms with van der Waals surface area (Å²) in [6.07, 6.45) is 2.76. The molecule has 1 aliphatic rings. The summed E-state index contributed by atoms with van der Waals surface area (Å²) >= 11 is 0. The molecule has 1 aromatic rings. The van der Waals surface area contributed by atoms with Crippen molar-refractivity contribution in [3.05, 3.63) is 29.8 Å². The van der Waals surface area contributed by atoms with Gasteiger partial charge < -0.3 is 0 Å². The van der Waals surface area contributed by atoms with E-state index in [1.807, 2.05) is 0 Å². The molecule has 1 aromatic carbocycles. The minimum atomic E-state index is 0.537. The first kappa shape index (κ1) is 8.26. The zero-order valence-corrected chi connectivity index (χ0v) is 8.72. The lowest BCUT2D eigenvalue weighted by Crippen LogP contribution is -2.03. The first-order valence-electron chi connectivity index (χ1n) is 4.53. The minimum absolute atomic E-state index is 0.537. The molecule has 0 amide bonds. The Labute approximate surface area is 76.2 Å². The van der Waals surface area contributed by atoms with Crippen LogP contribution in [0.25, 0.3) is 0 Å². The molecule has 0 radical (unpaired) electrons. The van der Waals surface area contributed by atoms with Crippen LogP contribution in [0, 0.1) is 0 Å². The molecule has 0 aliphatic heterocycles. The average molecular weight is 178 g/mol. The fourth-order valence-corrected chi connectivity index (χ4v) is 2.09. The number of hydrogen-bond acceptors (Lipinski definition) is 0. The Hall–Kier alpha value is -0.350. The quantitative estimate of drug-likeness (QED) is 0.611. The van der Waals surface area contributed by atoms with E-state index in [9.17, 15) is 0 Å². The monoisotopic (exact) mass is 178 g/mol. The third-order valence-electron chi connectivity index (χ3n) is 2.85. The topological polar surface area (TPSA) is 0 Å². The number of benzene rings is 1. The van der Waals surface area contributed by atoms with Gasteiger partial charge in [-0.2, -0.15) is 0 Å². The van der Waals surface area contributed by atoms with E-state index in [4.69, 9.17) is 0 Å². The molecule has 0 bridgehead atoms. The van der Waals surface area contributed by atoms with E-state index in [2.05, 4.69) is 37.9 Å². The molecule has 1 fully saturated rings. The van der Waals surface area contributed by atoms with Gasteiger partial charge in [-0.3, -0.25) is 0 Å². The summed E-state index contributed by atoms with van der Waals surface area (Å²) in [6.45, 7) is 4.61. The van der Waals surface area contributed by atoms with Gasteiger partial charge in [0, 0.05) is 0 Å². The molecule has 0 heterocycles. The van der Waals surface area contributed by atoms with E-state index in [1.54, 1.807) is 5.56 Å². The van der Waals surface area contributed by atoms with Crippen LogP contribution in [-0.2, 0) is 5.41 Å². The van der Waals surface area contributed by atoms with E-state index >= 15 is 0 Å². The summed E-state index contributed by atoms with van der Waals surface area (Å²) in [4.78, 5) is 0. The third kappa shape index (κ3) is 1.41. The molecule has 0 aromatic heterocycles. The largest absolute Gasteiger partial charge is 0.0936 e. The molecule has 12 heavy (non-hydrogen) atoms. The van der Waals surface area contributed by atoms with Crippen LogP contribution >= 0.6 is 8.58 Å². The molecule has 64 valence electrons. The first-order chi connectivity index (χ1) is 5.74. The standard InChI is InChI=1S/C11H15P/c1-11(6-7-11)9-4-3-5-10(8-9)12-2/h3-5,8,12H,6-7H2,1-2H3. The second-order valence-electron chi connectivity index (χ2n) is 3.89. The highest BCUT2D eigenvalue weighted by atomic mass is 31.1. The lowest BCUT2D eigenvalue weighted by molar-refractivity contribution is 0.789. The minimum Gasteiger partial charge on any atom is -0.0936 e. The highest BCUT2D eigenvalue weighted by Crippen LogP contribution is 2.47. The molecular formula is C11H15P. The number of hydrogen-bond donors (Lipinski definition) is 0. The smallest absolute Gasteiger partial charge is 0.00744 e. The summed E-state index contributed by atoms with van der Waals surface area (Å²) in [7, 11) is 0.933. The third-order valence-corrected chi connectivity index (χ3v) is 3.74. The molecule has 1 atom stereocenters. The van der Waals surface area contributed by atoms with Gasteiger partial charge in [-0.1, -0.05) is 39.8 Å². The van der Waals surface area contributed by atoms with Crippen LogP contribution in [0.2, 0.25) is 0 Å². The van der Waals surface area contributed by atoms with Crippen molar-refractivity contribution in [2.45, 2.75) is 25.2 Å². The van der Waals surface area contributed by atoms with Gasteiger partial charge in [0.2, 0.25) is 0 Å². The Balaban J connectivity index is 2.32. The maximum absolute atomic E-state index is 2.38. The molecule has 1 unspecified atom stereocenters. The predicted molar refractivity (Wildman–Crippen MR) is 56.9 cm³/mol. The maximum Gasteiger partial charge on any atom is -0.00744 e. The Morgan fingerprint density at radius 3 is 2.67 bits per heavy atom. The van der Waals surface area contributed by atoms with Gasteiger partial charge in [0.1, 0.15) is 0 Å². The van der Waals surface area contributed by atoms with Gasteiger partial charge in [-0.25, -0.2) is 0 Å². The summed E-state index contributed by atoms with van der Waals surface area (Å²) in [5.74, 6) is 0. The van der Waals surface area contributed by atoms with E-state index in [0.717, 1.165) is 8.58 Å². The fourth-order valence-electron chi connectivity index (χ4n) is 1.53. The van der Waals surface area contributed by atoms with Gasteiger partial charge in [0.05, 0.1) is 0 Å². The van der Waals surface area contributed by atoms with Gasteiger partial charge in [-0.05, 0) is 35.8 Å². The highest BCUT2D eigenvalue weighted by molar-refractivity contribution is 7.46. The van der Waals surface area contributed by atoms with Crippen LogP contribution in [0.15, 0.2) is 24.3 Å². The van der Waals surface area contributed by atoms with Gasteiger partial charge in [-0.15, -0.1) is 0 Å². The summed E-state index contributed by atoms with van der Waals surface area (Å²) in [6, 6.07) is 9.08. The first-order valence-corrected chi connectivity index (χ1v) is 6.03. The second kappa shape index (κ2) is 2.85. The van der Waals surface area contributed by atoms with Crippen LogP contribution in [0.3, 0.4) is 0 Å². The highest BCUT2D eigenvalue weighted by Gasteiger charge is 2.38. The van der Waals surface area contributed by atoms with Crippen molar-refractivity contribution < 1.29 is 0 Å². The zero-order valence-electron chi connectivity index (χ0n) is 7.72. The predicted octanol–water partition coefficient (Wildman–Crippen LogP) is 2.67. The lowest BCUT2D eigenvalue weighted by Gasteiger charge is -2.09. The molecule has 0 spiro atoms. The van der Waals surface area contributed by atoms with Crippen LogP contribution < -0.4 is 5.30 Å². The molecule has 2 rings (SSSR count). The zero-order chi connectivity index (χ0) is 8.60. The van der Waals surface area contributed by atoms with Gasteiger partial charge in [0.25, 0.3) is 0 Å². The molecule has 0 saturated heterocycles. The van der Waals surface area contributed by atoms with E-state index < -0.39 is 0 Å². The Morgan fingerprint density at radius 1 is 1.33 bits per heavy atom. The van der Waals surface area contributed by atoms with Crippen LogP contribution in [0.1, 0.15) is 25.3 Å². The van der Waals surface area contributed by atoms with Crippen LogP contribution in [0.5, 0.6) is 0 Å². The van der Waals surface area contributed by atoms with Crippen molar-refractivity contribution in [1.82, 2.24) is 0 Å². The molecule has 0 nitrogen and oxygen atoms in total. The second-order valence-corrected chi connectivity index (χ2v) is 4.97. The Kier molecular flexibility index (Phi) is 1.96. The Bertz CT molecular complexity index is 287. The maximum atomic E-state index is 2.38. The number of rotatable bonds is 2. The van der Waals surface area contributed by atoms with Crippen molar-refractivity contribution in [3.8, 4) is 0 Å². The summed E-state index contributed by atoms with van der Waals surface area (Å²) in [5, 5.41) is 1.50. The van der Waals surface area contributed by atoms with E-state index in [1.165, 1.54) is 18.1 Å². The molecule has 0 N–H and O–H groups in total. The van der Waals surface area contributed by atoms with Crippen molar-refractivity contribution in [2.75, 3.05) is 6.66 Å². The van der Waals surface area contributed by atoms with Crippen LogP contribution in [-0.4, -0.2) is 6.66 Å². The normalized spacial score (nSPS) is 20.2. The van der Waals surface area contributed by atoms with E-state index in [0.29, 0.717) is 5.41 Å². The lowest BCUT2D eigenvalue weighted by atomic mass is 9.99. The fraction of sp³-hybridized carbons (Fsp3) is 0.455. The molecule has 1 aliphatic carbocycles. The average Bonchev–Trinajstić information content (AvgIpc) is 2.85. The van der Waals surface area contributed by atoms with Crippen molar-refractivity contribution in [1.29, 1.82) is 0 Å². The van der Waals surface area contributed by atoms with Crippen molar-refractivity contribution in [3.63, 3.8) is 0 Å². The SMILES string of the molecule is CPc1cccc(C2(C)CC2)c1. The molecule has 1 saturated carbocycles. The van der Waals surface area contributed by atoms with Gasteiger partial charge >= 0.3 is 0 Å². The van der Waals surface area contributed by atoms with Crippen molar-refractivity contribution in [2.24, 2.45) is 0 Å². The van der Waals surface area contributed by atoms with E-state index in [-0.39, 0.29) is 0 Å². The van der Waals surface area contributed by atoms with Crippen LogP contribution in [0.4, 0.5) is 0 Å². The Morgan fingerprint density at radius 2 is 2.08 bits per heavy atom. The molecule has 1 heteroatoms. The summed E-state index contributed by atoms with van der Waals surface area (Å²) < 4.78 is 0. The summed E-state index contributed by atoms with van der Waals surface area (Å²) in [5.41, 5.74) is 2.09. The van der Waals surface area contributed by atoms with Crippen molar-refractivity contribution >= 4 is 13.9 Å². The molecular weight excluding hydrogens is 163 g/mol. The van der Waals surface area contributed by atoms with Gasteiger partial charge in [0.15, 0.2) is 0 Å².